The summed E-state index contributed by atoms with van der Waals surface area (Å²) in [5.74, 6) is 0.898. The molecule has 0 aliphatic carbocycles. The summed E-state index contributed by atoms with van der Waals surface area (Å²) < 4.78 is 9.75. The molecule has 0 saturated heterocycles. The van der Waals surface area contributed by atoms with Crippen LogP contribution in [0.2, 0.25) is 0 Å². The fourth-order valence-corrected chi connectivity index (χ4v) is 10.4. The number of ether oxygens (including phenoxy) is 1. The molecule has 2 aliphatic rings. The van der Waals surface area contributed by atoms with E-state index in [1.54, 1.807) is 0 Å². The molecule has 0 aromatic heterocycles. The van der Waals surface area contributed by atoms with Gasteiger partial charge in [-0.1, -0.05) is 96.1 Å². The molecule has 1 atom stereocenters. The van der Waals surface area contributed by atoms with Gasteiger partial charge in [-0.2, -0.15) is 0 Å². The Kier molecular flexibility index (Phi) is 5.48. The number of para-hydroxylation sites is 1. The predicted molar refractivity (Wildman–Crippen MR) is 158 cm³/mol. The van der Waals surface area contributed by atoms with Crippen LogP contribution < -0.4 is 20.7 Å². The molecule has 6 rings (SSSR count). The van der Waals surface area contributed by atoms with Gasteiger partial charge in [0.1, 0.15) is 16.4 Å². The molecular weight excluding hydrogens is 469 g/mol. The first-order valence-corrected chi connectivity index (χ1v) is 15.1. The second-order valence-corrected chi connectivity index (χ2v) is 15.7. The molecule has 0 unspecified atom stereocenters. The van der Waals surface area contributed by atoms with Crippen LogP contribution >= 0.6 is 7.26 Å². The second-order valence-electron chi connectivity index (χ2n) is 12.3. The summed E-state index contributed by atoms with van der Waals surface area (Å²) in [7, 11) is -2.17. The minimum absolute atomic E-state index is 0.0482. The first kappa shape index (κ1) is 24.1. The molecule has 3 heteroatoms. The lowest BCUT2D eigenvalue weighted by atomic mass is 9.79. The summed E-state index contributed by atoms with van der Waals surface area (Å²) in [6.45, 7) is 13.8. The summed E-state index contributed by atoms with van der Waals surface area (Å²) in [5.41, 5.74) is 5.04. The smallest absolute Gasteiger partial charge is 0.403 e. The van der Waals surface area contributed by atoms with Crippen LogP contribution in [0, 0.1) is 0 Å². The normalized spacial score (nSPS) is 17.8. The number of fused-ring (bicyclic) bond motifs is 4. The Balaban J connectivity index is 1.70. The summed E-state index contributed by atoms with van der Waals surface area (Å²) in [6, 6.07) is 35.7. The molecule has 37 heavy (non-hydrogen) atoms. The topological polar surface area (TPSA) is 12.2 Å². The lowest BCUT2D eigenvalue weighted by Gasteiger charge is -2.32. The van der Waals surface area contributed by atoms with E-state index in [9.17, 15) is 0 Å². The fraction of sp³-hybridized carbons (Fsp3) is 0.265. The van der Waals surface area contributed by atoms with E-state index in [1.165, 1.54) is 38.3 Å². The molecule has 4 aromatic carbocycles. The number of hydrogen-bond donors (Lipinski definition) is 0. The van der Waals surface area contributed by atoms with Crippen LogP contribution in [0.1, 0.15) is 58.2 Å². The zero-order valence-electron chi connectivity index (χ0n) is 22.7. The van der Waals surface area contributed by atoms with E-state index < -0.39 is 7.26 Å². The lowest BCUT2D eigenvalue weighted by Crippen LogP contribution is -2.42. The van der Waals surface area contributed by atoms with Gasteiger partial charge >= 0.3 is 5.97 Å². The molecule has 0 radical (unpaired) electrons. The maximum atomic E-state index is 7.33. The van der Waals surface area contributed by atoms with Gasteiger partial charge in [0.05, 0.1) is 5.56 Å². The van der Waals surface area contributed by atoms with Crippen molar-refractivity contribution in [2.45, 2.75) is 58.3 Å². The van der Waals surface area contributed by atoms with Crippen molar-refractivity contribution in [2.24, 2.45) is 0 Å². The van der Waals surface area contributed by atoms with Crippen LogP contribution in [-0.2, 0) is 10.8 Å². The Labute approximate surface area is 222 Å². The highest BCUT2D eigenvalue weighted by Crippen LogP contribution is 2.67. The Morgan fingerprint density at radius 2 is 1.24 bits per heavy atom. The third-order valence-electron chi connectivity index (χ3n) is 7.73. The Morgan fingerprint density at radius 3 is 1.81 bits per heavy atom. The summed E-state index contributed by atoms with van der Waals surface area (Å²) in [6.07, 6.45) is 2.36. The summed E-state index contributed by atoms with van der Waals surface area (Å²) >= 11 is 0. The van der Waals surface area contributed by atoms with Crippen molar-refractivity contribution in [3.63, 3.8) is 0 Å². The SMILES string of the molecule is CC(C)(C)c1cc2c(c(C(C)(C)C)c1)O[C@H]1[N+](=C2)c2ccccc2[P+]1(c1ccccc1)c1ccccc1. The van der Waals surface area contributed by atoms with Gasteiger partial charge in [-0.15, -0.1) is 4.58 Å². The third-order valence-corrected chi connectivity index (χ3v) is 12.1. The average molecular weight is 506 g/mol. The molecule has 0 amide bonds. The Morgan fingerprint density at radius 1 is 0.676 bits per heavy atom. The molecule has 2 heterocycles. The van der Waals surface area contributed by atoms with Crippen molar-refractivity contribution in [1.82, 2.24) is 0 Å². The van der Waals surface area contributed by atoms with E-state index in [2.05, 4.69) is 149 Å². The van der Waals surface area contributed by atoms with Crippen molar-refractivity contribution in [3.05, 3.63) is 114 Å². The van der Waals surface area contributed by atoms with E-state index in [-0.39, 0.29) is 16.8 Å². The first-order chi connectivity index (χ1) is 17.6. The van der Waals surface area contributed by atoms with Crippen molar-refractivity contribution in [2.75, 3.05) is 0 Å². The van der Waals surface area contributed by atoms with Gasteiger partial charge in [-0.25, -0.2) is 0 Å². The quantitative estimate of drug-likeness (QED) is 0.210. The minimum Gasteiger partial charge on any atom is -0.403 e. The van der Waals surface area contributed by atoms with Gasteiger partial charge in [0.15, 0.2) is 11.5 Å². The van der Waals surface area contributed by atoms with E-state index in [0.29, 0.717) is 0 Å². The van der Waals surface area contributed by atoms with Gasteiger partial charge in [0.2, 0.25) is 7.26 Å². The van der Waals surface area contributed by atoms with Crippen molar-refractivity contribution in [3.8, 4) is 5.75 Å². The monoisotopic (exact) mass is 505 g/mol. The van der Waals surface area contributed by atoms with Gasteiger partial charge < -0.3 is 4.74 Å². The number of hydrogen-bond acceptors (Lipinski definition) is 1. The van der Waals surface area contributed by atoms with Crippen LogP contribution in [0.5, 0.6) is 5.75 Å². The maximum Gasteiger partial charge on any atom is 0.419 e. The first-order valence-electron chi connectivity index (χ1n) is 13.2. The van der Waals surface area contributed by atoms with E-state index in [0.717, 1.165) is 5.75 Å². The molecule has 186 valence electrons. The van der Waals surface area contributed by atoms with Crippen LogP contribution in [0.3, 0.4) is 0 Å². The lowest BCUT2D eigenvalue weighted by molar-refractivity contribution is -0.492. The van der Waals surface area contributed by atoms with Crippen LogP contribution in [-0.4, -0.2) is 16.8 Å². The molecule has 0 saturated carbocycles. The number of nitrogens with zero attached hydrogens (tertiary/aromatic N) is 1. The standard InChI is InChI=1S/C34H36NOP/c1-33(2,3)25-21-24-23-35-29-19-13-14-20-30(29)37(26-15-9-7-10-16-26,27-17-11-8-12-18-27)32(35)36-31(24)28(22-25)34(4,5)6/h7-23,32H,1-6H3/q+2/t32-/m1/s1. The fourth-order valence-electron chi connectivity index (χ4n) is 5.81. The van der Waals surface area contributed by atoms with E-state index in [4.69, 9.17) is 4.74 Å². The molecule has 2 aliphatic heterocycles. The van der Waals surface area contributed by atoms with Gasteiger partial charge in [-0.05, 0) is 52.8 Å². The molecule has 0 spiro atoms. The molecule has 0 N–H and O–H groups in total. The highest BCUT2D eigenvalue weighted by Gasteiger charge is 2.69. The molecule has 2 nitrogen and oxygen atoms in total. The number of benzene rings is 4. The van der Waals surface area contributed by atoms with Crippen LogP contribution in [0.15, 0.2) is 97.1 Å². The second kappa shape index (κ2) is 8.40. The van der Waals surface area contributed by atoms with Crippen molar-refractivity contribution >= 4 is 35.1 Å². The van der Waals surface area contributed by atoms with Crippen molar-refractivity contribution in [1.29, 1.82) is 0 Å². The predicted octanol–water partition coefficient (Wildman–Crippen LogP) is 7.03. The van der Waals surface area contributed by atoms with Crippen LogP contribution in [0.25, 0.3) is 0 Å². The maximum absolute atomic E-state index is 7.33. The van der Waals surface area contributed by atoms with Crippen LogP contribution in [0.4, 0.5) is 5.69 Å². The molecule has 4 aromatic rings. The zero-order valence-corrected chi connectivity index (χ0v) is 23.6. The Hall–Kier alpha value is -3.22. The van der Waals surface area contributed by atoms with E-state index >= 15 is 0 Å². The summed E-state index contributed by atoms with van der Waals surface area (Å²) in [5, 5.41) is 4.08. The average Bonchev–Trinajstić information content (AvgIpc) is 3.17. The molecule has 0 fully saturated rings. The third kappa shape index (κ3) is 3.69. The van der Waals surface area contributed by atoms with Crippen molar-refractivity contribution < 1.29 is 9.31 Å². The van der Waals surface area contributed by atoms with Gasteiger partial charge in [-0.3, -0.25) is 0 Å². The van der Waals surface area contributed by atoms with Gasteiger partial charge in [0.25, 0.3) is 5.69 Å². The highest BCUT2D eigenvalue weighted by atomic mass is 31.2. The van der Waals surface area contributed by atoms with E-state index in [1.807, 2.05) is 0 Å². The largest absolute Gasteiger partial charge is 0.419 e. The zero-order chi connectivity index (χ0) is 26.0. The molecular formula is C34H36NOP+2. The molecule has 0 bridgehead atoms. The minimum atomic E-state index is -2.17. The number of rotatable bonds is 2. The highest BCUT2D eigenvalue weighted by molar-refractivity contribution is 7.96. The summed E-state index contributed by atoms with van der Waals surface area (Å²) in [4.78, 5) is 0. The Bertz CT molecular complexity index is 1470. The van der Waals surface area contributed by atoms with Gasteiger partial charge in [0, 0.05) is 11.6 Å².